The van der Waals surface area contributed by atoms with E-state index in [9.17, 15) is 8.42 Å². The molecule has 2 heterocycles. The van der Waals surface area contributed by atoms with Crippen molar-refractivity contribution in [1.29, 1.82) is 0 Å². The van der Waals surface area contributed by atoms with Gasteiger partial charge in [-0.25, -0.2) is 8.42 Å². The zero-order valence-corrected chi connectivity index (χ0v) is 11.9. The molecule has 0 saturated carbocycles. The van der Waals surface area contributed by atoms with Crippen LogP contribution in [-0.2, 0) is 16.3 Å². The molecular weight excluding hydrogens is 274 g/mol. The van der Waals surface area contributed by atoms with Gasteiger partial charge in [-0.1, -0.05) is 18.2 Å². The van der Waals surface area contributed by atoms with Crippen LogP contribution >= 0.6 is 0 Å². The molecule has 1 N–H and O–H groups in total. The van der Waals surface area contributed by atoms with E-state index >= 15 is 0 Å². The van der Waals surface area contributed by atoms with Gasteiger partial charge in [0.15, 0.2) is 9.84 Å². The van der Waals surface area contributed by atoms with Crippen molar-refractivity contribution in [3.05, 3.63) is 54.0 Å². The normalized spacial score (nSPS) is 20.5. The molecule has 0 spiro atoms. The Bertz CT molecular complexity index is 677. The summed E-state index contributed by atoms with van der Waals surface area (Å²) in [4.78, 5) is 0.474. The number of furan rings is 1. The molecule has 2 aromatic rings. The van der Waals surface area contributed by atoms with Crippen LogP contribution in [0.15, 0.2) is 52.0 Å². The molecule has 5 heteroatoms. The van der Waals surface area contributed by atoms with Crippen LogP contribution in [0.1, 0.15) is 23.8 Å². The highest BCUT2D eigenvalue weighted by Gasteiger charge is 2.29. The van der Waals surface area contributed by atoms with Gasteiger partial charge in [-0.05, 0) is 30.2 Å². The van der Waals surface area contributed by atoms with Crippen LogP contribution in [-0.4, -0.2) is 20.7 Å². The van der Waals surface area contributed by atoms with E-state index in [1.54, 1.807) is 18.4 Å². The third-order valence-corrected chi connectivity index (χ3v) is 5.46. The summed E-state index contributed by atoms with van der Waals surface area (Å²) in [7, 11) is -3.10. The smallest absolute Gasteiger partial charge is 0.178 e. The van der Waals surface area contributed by atoms with E-state index in [4.69, 9.17) is 4.42 Å². The summed E-state index contributed by atoms with van der Waals surface area (Å²) in [6.07, 6.45) is 3.09. The number of sulfone groups is 1. The van der Waals surface area contributed by atoms with Crippen LogP contribution in [0.5, 0.6) is 0 Å². The average Bonchev–Trinajstić information content (AvgIpc) is 2.95. The highest BCUT2D eigenvalue weighted by atomic mass is 32.2. The molecule has 0 amide bonds. The van der Waals surface area contributed by atoms with Crippen molar-refractivity contribution in [3.8, 4) is 0 Å². The fourth-order valence-corrected chi connectivity index (χ4v) is 4.25. The van der Waals surface area contributed by atoms with Gasteiger partial charge in [-0.2, -0.15) is 0 Å². The lowest BCUT2D eigenvalue weighted by molar-refractivity contribution is 0.462. The maximum atomic E-state index is 12.0. The van der Waals surface area contributed by atoms with Gasteiger partial charge in [-0.15, -0.1) is 0 Å². The minimum Gasteiger partial charge on any atom is -0.469 e. The monoisotopic (exact) mass is 291 g/mol. The quantitative estimate of drug-likeness (QED) is 0.939. The van der Waals surface area contributed by atoms with Crippen LogP contribution < -0.4 is 5.32 Å². The molecular formula is C15H17NO3S. The van der Waals surface area contributed by atoms with Gasteiger partial charge in [0, 0.05) is 19.0 Å². The third kappa shape index (κ3) is 2.64. The predicted molar refractivity (Wildman–Crippen MR) is 76.3 cm³/mol. The van der Waals surface area contributed by atoms with Gasteiger partial charge < -0.3 is 9.73 Å². The minimum absolute atomic E-state index is 0.102. The molecule has 1 aromatic carbocycles. The lowest BCUT2D eigenvalue weighted by atomic mass is 10.0. The van der Waals surface area contributed by atoms with Gasteiger partial charge in [0.25, 0.3) is 0 Å². The van der Waals surface area contributed by atoms with Crippen LogP contribution in [0.25, 0.3) is 0 Å². The summed E-state index contributed by atoms with van der Waals surface area (Å²) in [6, 6.07) is 11.2. The number of nitrogens with one attached hydrogen (secondary N) is 1. The first-order chi connectivity index (χ1) is 9.67. The Hall–Kier alpha value is -1.59. The van der Waals surface area contributed by atoms with E-state index in [0.717, 1.165) is 24.3 Å². The molecule has 3 rings (SSSR count). The Morgan fingerprint density at radius 2 is 2.05 bits per heavy atom. The Balaban J connectivity index is 1.72. The fourth-order valence-electron chi connectivity index (χ4n) is 2.63. The fraction of sp³-hybridized carbons (Fsp3) is 0.333. The third-order valence-electron chi connectivity index (χ3n) is 3.65. The number of fused-ring (bicyclic) bond motifs is 1. The molecule has 1 aromatic heterocycles. The van der Waals surface area contributed by atoms with E-state index in [1.165, 1.54) is 0 Å². The van der Waals surface area contributed by atoms with Crippen molar-refractivity contribution in [2.75, 3.05) is 12.3 Å². The molecule has 1 aliphatic heterocycles. The molecule has 0 bridgehead atoms. The topological polar surface area (TPSA) is 59.3 Å². The molecule has 0 saturated heterocycles. The van der Waals surface area contributed by atoms with Crippen molar-refractivity contribution in [1.82, 2.24) is 5.32 Å². The van der Waals surface area contributed by atoms with Crippen molar-refractivity contribution in [2.45, 2.75) is 23.8 Å². The van der Waals surface area contributed by atoms with E-state index in [2.05, 4.69) is 5.32 Å². The number of hydrogen-bond donors (Lipinski definition) is 1. The van der Waals surface area contributed by atoms with Crippen molar-refractivity contribution in [2.24, 2.45) is 0 Å². The first-order valence-corrected chi connectivity index (χ1v) is 8.39. The van der Waals surface area contributed by atoms with Gasteiger partial charge in [-0.3, -0.25) is 0 Å². The second kappa shape index (κ2) is 5.42. The maximum Gasteiger partial charge on any atom is 0.178 e. The lowest BCUT2D eigenvalue weighted by Crippen LogP contribution is -2.30. The van der Waals surface area contributed by atoms with Gasteiger partial charge in [0.1, 0.15) is 5.76 Å². The number of hydrogen-bond acceptors (Lipinski definition) is 4. The zero-order valence-electron chi connectivity index (χ0n) is 11.1. The largest absolute Gasteiger partial charge is 0.469 e. The molecule has 0 fully saturated rings. The first-order valence-electron chi connectivity index (χ1n) is 6.74. The van der Waals surface area contributed by atoms with Crippen LogP contribution in [0.2, 0.25) is 0 Å². The second-order valence-electron chi connectivity index (χ2n) is 4.98. The van der Waals surface area contributed by atoms with E-state index in [1.807, 2.05) is 24.3 Å². The molecule has 0 aliphatic carbocycles. The van der Waals surface area contributed by atoms with Crippen LogP contribution in [0.3, 0.4) is 0 Å². The minimum atomic E-state index is -3.10. The maximum absolute atomic E-state index is 12.0. The van der Waals surface area contributed by atoms with Gasteiger partial charge in [0.2, 0.25) is 0 Å². The van der Waals surface area contributed by atoms with Crippen LogP contribution in [0, 0.1) is 0 Å². The summed E-state index contributed by atoms with van der Waals surface area (Å²) in [5.41, 5.74) is 0.887. The molecule has 20 heavy (non-hydrogen) atoms. The Morgan fingerprint density at radius 1 is 1.20 bits per heavy atom. The summed E-state index contributed by atoms with van der Waals surface area (Å²) in [5, 5.41) is 3.43. The zero-order chi connectivity index (χ0) is 14.0. The molecule has 1 unspecified atom stereocenters. The molecule has 106 valence electrons. The van der Waals surface area contributed by atoms with Crippen molar-refractivity contribution >= 4 is 9.84 Å². The molecule has 0 radical (unpaired) electrons. The first kappa shape index (κ1) is 13.4. The van der Waals surface area contributed by atoms with E-state index in [0.29, 0.717) is 11.3 Å². The van der Waals surface area contributed by atoms with Gasteiger partial charge in [0.05, 0.1) is 16.9 Å². The highest BCUT2D eigenvalue weighted by molar-refractivity contribution is 7.91. The SMILES string of the molecule is O=S1(=O)CCC(NCCc2ccco2)c2ccccc21. The van der Waals surface area contributed by atoms with Crippen molar-refractivity contribution in [3.63, 3.8) is 0 Å². The molecule has 1 atom stereocenters. The summed E-state index contributed by atoms with van der Waals surface area (Å²) >= 11 is 0. The van der Waals surface area contributed by atoms with Gasteiger partial charge >= 0.3 is 0 Å². The summed E-state index contributed by atoms with van der Waals surface area (Å²) in [5.74, 6) is 1.15. The average molecular weight is 291 g/mol. The van der Waals surface area contributed by atoms with Crippen molar-refractivity contribution < 1.29 is 12.8 Å². The summed E-state index contributed by atoms with van der Waals surface area (Å²) < 4.78 is 29.4. The predicted octanol–water partition coefficient (Wildman–Crippen LogP) is 2.33. The Labute approximate surface area is 118 Å². The number of benzene rings is 1. The van der Waals surface area contributed by atoms with Crippen LogP contribution in [0.4, 0.5) is 0 Å². The van der Waals surface area contributed by atoms with E-state index in [-0.39, 0.29) is 11.8 Å². The second-order valence-corrected chi connectivity index (χ2v) is 7.06. The Morgan fingerprint density at radius 3 is 2.85 bits per heavy atom. The highest BCUT2D eigenvalue weighted by Crippen LogP contribution is 2.31. The Kier molecular flexibility index (Phi) is 3.63. The standard InChI is InChI=1S/C15H17NO3S/c17-20(18)11-8-14(13-5-1-2-6-15(13)20)16-9-7-12-4-3-10-19-12/h1-6,10,14,16H,7-9,11H2. The molecule has 4 nitrogen and oxygen atoms in total. The summed E-state index contributed by atoms with van der Waals surface area (Å²) in [6.45, 7) is 0.770. The van der Waals surface area contributed by atoms with E-state index < -0.39 is 9.84 Å². The number of rotatable bonds is 4. The molecule has 1 aliphatic rings. The lowest BCUT2D eigenvalue weighted by Gasteiger charge is -2.26.